The van der Waals surface area contributed by atoms with Gasteiger partial charge >= 0.3 is 0 Å². The van der Waals surface area contributed by atoms with Gasteiger partial charge in [0.05, 0.1) is 33.6 Å². The van der Waals surface area contributed by atoms with Crippen molar-refractivity contribution in [1.29, 1.82) is 0 Å². The zero-order valence-corrected chi connectivity index (χ0v) is 18.4. The second-order valence-corrected chi connectivity index (χ2v) is 7.38. The third-order valence-corrected chi connectivity index (χ3v) is 5.30. The van der Waals surface area contributed by atoms with Crippen molar-refractivity contribution in [2.45, 2.75) is 25.8 Å². The van der Waals surface area contributed by atoms with Gasteiger partial charge in [-0.05, 0) is 55.8 Å². The SMILES string of the molecule is COc1ccc(OC)c([C@@H]2CCCN2CC(=O)Nc2cc(NC(C)=O)ccc2OC)c1. The fourth-order valence-corrected chi connectivity index (χ4v) is 3.93. The number of carbonyl (C=O) groups excluding carboxylic acids is 2. The summed E-state index contributed by atoms with van der Waals surface area (Å²) in [4.78, 5) is 26.4. The maximum Gasteiger partial charge on any atom is 0.238 e. The first-order chi connectivity index (χ1) is 14.9. The second-order valence-electron chi connectivity index (χ2n) is 7.38. The minimum absolute atomic E-state index is 0.0587. The van der Waals surface area contributed by atoms with Crippen LogP contribution in [0.15, 0.2) is 36.4 Å². The Bertz CT molecular complexity index is 947. The summed E-state index contributed by atoms with van der Waals surface area (Å²) in [5, 5.41) is 5.63. The predicted molar refractivity (Wildman–Crippen MR) is 119 cm³/mol. The van der Waals surface area contributed by atoms with E-state index in [1.807, 2.05) is 18.2 Å². The molecule has 2 aromatic carbocycles. The minimum Gasteiger partial charge on any atom is -0.497 e. The van der Waals surface area contributed by atoms with Crippen LogP contribution in [0.4, 0.5) is 11.4 Å². The summed E-state index contributed by atoms with van der Waals surface area (Å²) in [6, 6.07) is 10.9. The van der Waals surface area contributed by atoms with E-state index in [2.05, 4.69) is 15.5 Å². The molecule has 0 unspecified atom stereocenters. The number of hydrogen-bond acceptors (Lipinski definition) is 6. The summed E-state index contributed by atoms with van der Waals surface area (Å²) in [6.07, 6.45) is 1.91. The van der Waals surface area contributed by atoms with Crippen LogP contribution in [0.3, 0.4) is 0 Å². The lowest BCUT2D eigenvalue weighted by Gasteiger charge is -2.26. The van der Waals surface area contributed by atoms with Gasteiger partial charge in [-0.1, -0.05) is 0 Å². The molecule has 2 N–H and O–H groups in total. The zero-order chi connectivity index (χ0) is 22.4. The maximum absolute atomic E-state index is 12.9. The van der Waals surface area contributed by atoms with E-state index in [-0.39, 0.29) is 24.4 Å². The van der Waals surface area contributed by atoms with Gasteiger partial charge in [0, 0.05) is 24.2 Å². The Labute approximate surface area is 182 Å². The molecule has 8 nitrogen and oxygen atoms in total. The van der Waals surface area contributed by atoms with Crippen LogP contribution in [0.2, 0.25) is 0 Å². The van der Waals surface area contributed by atoms with Crippen molar-refractivity contribution in [2.24, 2.45) is 0 Å². The molecule has 0 spiro atoms. The van der Waals surface area contributed by atoms with E-state index < -0.39 is 0 Å². The third-order valence-electron chi connectivity index (χ3n) is 5.30. The average Bonchev–Trinajstić information content (AvgIpc) is 3.20. The van der Waals surface area contributed by atoms with E-state index in [9.17, 15) is 9.59 Å². The highest BCUT2D eigenvalue weighted by Gasteiger charge is 2.30. The van der Waals surface area contributed by atoms with E-state index in [4.69, 9.17) is 14.2 Å². The lowest BCUT2D eigenvalue weighted by atomic mass is 10.0. The topological polar surface area (TPSA) is 89.1 Å². The molecule has 1 heterocycles. The largest absolute Gasteiger partial charge is 0.497 e. The Morgan fingerprint density at radius 2 is 1.74 bits per heavy atom. The molecule has 2 aromatic rings. The first kappa shape index (κ1) is 22.4. The van der Waals surface area contributed by atoms with Crippen molar-refractivity contribution in [1.82, 2.24) is 4.90 Å². The van der Waals surface area contributed by atoms with Crippen molar-refractivity contribution in [3.63, 3.8) is 0 Å². The quantitative estimate of drug-likeness (QED) is 0.671. The molecule has 31 heavy (non-hydrogen) atoms. The van der Waals surface area contributed by atoms with E-state index >= 15 is 0 Å². The van der Waals surface area contributed by atoms with Crippen molar-refractivity contribution in [2.75, 3.05) is 45.1 Å². The standard InChI is InChI=1S/C23H29N3O5/c1-15(27)24-16-7-9-22(31-4)19(12-16)25-23(28)14-26-11-5-6-20(26)18-13-17(29-2)8-10-21(18)30-3/h7-10,12-13,20H,5-6,11,14H2,1-4H3,(H,24,27)(H,25,28)/t20-/m0/s1. The molecule has 0 aliphatic carbocycles. The van der Waals surface area contributed by atoms with Gasteiger partial charge in [-0.15, -0.1) is 0 Å². The highest BCUT2D eigenvalue weighted by atomic mass is 16.5. The molecular weight excluding hydrogens is 398 g/mol. The van der Waals surface area contributed by atoms with E-state index in [0.717, 1.165) is 36.4 Å². The minimum atomic E-state index is -0.186. The second kappa shape index (κ2) is 10.2. The number of ether oxygens (including phenoxy) is 3. The van der Waals surface area contributed by atoms with Crippen LogP contribution in [0, 0.1) is 0 Å². The Morgan fingerprint density at radius 1 is 1.00 bits per heavy atom. The zero-order valence-electron chi connectivity index (χ0n) is 18.4. The molecule has 8 heteroatoms. The number of likely N-dealkylation sites (tertiary alicyclic amines) is 1. The van der Waals surface area contributed by atoms with Gasteiger partial charge in [0.1, 0.15) is 17.2 Å². The van der Waals surface area contributed by atoms with E-state index in [0.29, 0.717) is 17.1 Å². The fourth-order valence-electron chi connectivity index (χ4n) is 3.93. The normalized spacial score (nSPS) is 15.9. The molecule has 0 aromatic heterocycles. The van der Waals surface area contributed by atoms with Gasteiger partial charge in [0.15, 0.2) is 0 Å². The molecule has 1 fully saturated rings. The van der Waals surface area contributed by atoms with E-state index in [1.165, 1.54) is 14.0 Å². The Morgan fingerprint density at radius 3 is 2.42 bits per heavy atom. The number of rotatable bonds is 8. The predicted octanol–water partition coefficient (Wildman–Crippen LogP) is 3.45. The molecule has 2 amide bonds. The maximum atomic E-state index is 12.9. The molecule has 166 valence electrons. The van der Waals surface area contributed by atoms with Crippen LogP contribution in [0.25, 0.3) is 0 Å². The van der Waals surface area contributed by atoms with Crippen LogP contribution < -0.4 is 24.8 Å². The molecule has 1 aliphatic rings. The number of anilines is 2. The van der Waals surface area contributed by atoms with Crippen molar-refractivity contribution in [3.05, 3.63) is 42.0 Å². The fraction of sp³-hybridized carbons (Fsp3) is 0.391. The number of amides is 2. The van der Waals surface area contributed by atoms with Gasteiger partial charge in [0.25, 0.3) is 0 Å². The van der Waals surface area contributed by atoms with Crippen LogP contribution in [0.1, 0.15) is 31.4 Å². The summed E-state index contributed by atoms with van der Waals surface area (Å²) in [5.41, 5.74) is 2.11. The number of methoxy groups -OCH3 is 3. The Balaban J connectivity index is 1.75. The van der Waals surface area contributed by atoms with Crippen LogP contribution in [-0.4, -0.2) is 51.1 Å². The lowest BCUT2D eigenvalue weighted by Crippen LogP contribution is -2.33. The van der Waals surface area contributed by atoms with Crippen molar-refractivity contribution in [3.8, 4) is 17.2 Å². The monoisotopic (exact) mass is 427 g/mol. The highest BCUT2D eigenvalue weighted by molar-refractivity contribution is 5.96. The van der Waals surface area contributed by atoms with Gasteiger partial charge in [-0.25, -0.2) is 0 Å². The number of benzene rings is 2. The molecular formula is C23H29N3O5. The van der Waals surface area contributed by atoms with Crippen LogP contribution >= 0.6 is 0 Å². The van der Waals surface area contributed by atoms with Gasteiger partial charge < -0.3 is 24.8 Å². The Kier molecular flexibility index (Phi) is 7.36. The summed E-state index contributed by atoms with van der Waals surface area (Å²) < 4.78 is 16.3. The molecule has 0 saturated carbocycles. The number of nitrogens with zero attached hydrogens (tertiary/aromatic N) is 1. The molecule has 1 saturated heterocycles. The van der Waals surface area contributed by atoms with Crippen molar-refractivity contribution < 1.29 is 23.8 Å². The van der Waals surface area contributed by atoms with Gasteiger partial charge in [-0.2, -0.15) is 0 Å². The average molecular weight is 428 g/mol. The first-order valence-electron chi connectivity index (χ1n) is 10.2. The van der Waals surface area contributed by atoms with Gasteiger partial charge in [-0.3, -0.25) is 14.5 Å². The first-order valence-corrected chi connectivity index (χ1v) is 10.2. The number of nitrogens with one attached hydrogen (secondary N) is 2. The van der Waals surface area contributed by atoms with E-state index in [1.54, 1.807) is 32.4 Å². The number of hydrogen-bond donors (Lipinski definition) is 2. The molecule has 0 radical (unpaired) electrons. The molecule has 0 bridgehead atoms. The summed E-state index contributed by atoms with van der Waals surface area (Å²) in [7, 11) is 4.81. The molecule has 1 aliphatic heterocycles. The third kappa shape index (κ3) is 5.46. The van der Waals surface area contributed by atoms with Crippen LogP contribution in [0.5, 0.6) is 17.2 Å². The molecule has 3 rings (SSSR count). The number of carbonyl (C=O) groups is 2. The molecule has 1 atom stereocenters. The Hall–Kier alpha value is -3.26. The highest BCUT2D eigenvalue weighted by Crippen LogP contribution is 2.38. The van der Waals surface area contributed by atoms with Crippen molar-refractivity contribution >= 4 is 23.2 Å². The van der Waals surface area contributed by atoms with Gasteiger partial charge in [0.2, 0.25) is 11.8 Å². The summed E-state index contributed by atoms with van der Waals surface area (Å²) in [6.45, 7) is 2.46. The summed E-state index contributed by atoms with van der Waals surface area (Å²) in [5.74, 6) is 1.71. The van der Waals surface area contributed by atoms with Crippen LogP contribution in [-0.2, 0) is 9.59 Å². The summed E-state index contributed by atoms with van der Waals surface area (Å²) >= 11 is 0. The smallest absolute Gasteiger partial charge is 0.238 e. The lowest BCUT2D eigenvalue weighted by molar-refractivity contribution is -0.117.